The number of rotatable bonds is 7. The molecule has 0 aromatic heterocycles. The molecule has 2 heterocycles. The molecule has 0 N–H and O–H groups in total. The second-order valence-electron chi connectivity index (χ2n) is 7.89. The van der Waals surface area contributed by atoms with Crippen LogP contribution in [0.3, 0.4) is 0 Å². The zero-order valence-electron chi connectivity index (χ0n) is 17.6. The number of amides is 2. The summed E-state index contributed by atoms with van der Waals surface area (Å²) in [7, 11) is 0. The lowest BCUT2D eigenvalue weighted by Crippen LogP contribution is -2.59. The first kappa shape index (κ1) is 23.9. The molecule has 2 amide bonds. The van der Waals surface area contributed by atoms with Crippen molar-refractivity contribution >= 4 is 17.5 Å². The Morgan fingerprint density at radius 1 is 1.03 bits per heavy atom. The molecule has 0 spiro atoms. The first-order chi connectivity index (χ1) is 16.0. The van der Waals surface area contributed by atoms with Gasteiger partial charge in [-0.15, -0.1) is 0 Å². The minimum absolute atomic E-state index is 0.0181. The third-order valence-corrected chi connectivity index (χ3v) is 5.89. The number of halogens is 6. The number of anilines is 1. The molecule has 2 aromatic carbocycles. The molecule has 2 aromatic rings. The van der Waals surface area contributed by atoms with Crippen molar-refractivity contribution in [3.63, 3.8) is 0 Å². The molecule has 0 radical (unpaired) electrons. The highest BCUT2D eigenvalue weighted by atomic mass is 19.3. The van der Waals surface area contributed by atoms with Crippen molar-refractivity contribution in [3.8, 4) is 5.75 Å². The van der Waals surface area contributed by atoms with E-state index in [1.165, 1.54) is 23.1 Å². The first-order valence-electron chi connectivity index (χ1n) is 10.1. The van der Waals surface area contributed by atoms with E-state index >= 15 is 0 Å². The summed E-state index contributed by atoms with van der Waals surface area (Å²) < 4.78 is 87.8. The van der Waals surface area contributed by atoms with Gasteiger partial charge in [0.1, 0.15) is 23.0 Å². The summed E-state index contributed by atoms with van der Waals surface area (Å²) in [6.45, 7) is 1.72. The van der Waals surface area contributed by atoms with Gasteiger partial charge in [-0.3, -0.25) is 9.59 Å². The van der Waals surface area contributed by atoms with Gasteiger partial charge in [0.25, 0.3) is 0 Å². The van der Waals surface area contributed by atoms with Crippen molar-refractivity contribution in [1.29, 1.82) is 0 Å². The van der Waals surface area contributed by atoms with Gasteiger partial charge in [0.2, 0.25) is 0 Å². The maximum atomic E-state index is 14.4. The van der Waals surface area contributed by atoms with Gasteiger partial charge in [0, 0.05) is 30.4 Å². The lowest BCUT2D eigenvalue weighted by molar-refractivity contribution is -0.253. The number of ether oxygens (including phenoxy) is 2. The number of benzene rings is 2. The highest BCUT2D eigenvalue weighted by Gasteiger charge is 2.56. The SMILES string of the molecule is CC(N1CCN(c2ccc(OC(F)(F)C(F)F)cc2)C(=O)C1=O)C1(c2ccc(F)cc2F)CO1. The molecule has 12 heteroatoms. The highest BCUT2D eigenvalue weighted by molar-refractivity contribution is 6.41. The van der Waals surface area contributed by atoms with E-state index in [2.05, 4.69) is 4.74 Å². The van der Waals surface area contributed by atoms with Crippen molar-refractivity contribution in [2.24, 2.45) is 0 Å². The summed E-state index contributed by atoms with van der Waals surface area (Å²) >= 11 is 0. The molecular formula is C22H18F6N2O4. The summed E-state index contributed by atoms with van der Waals surface area (Å²) in [6, 6.07) is 6.58. The van der Waals surface area contributed by atoms with Crippen molar-refractivity contribution in [2.45, 2.75) is 31.1 Å². The molecule has 2 atom stereocenters. The summed E-state index contributed by atoms with van der Waals surface area (Å²) in [5, 5.41) is 0. The van der Waals surface area contributed by atoms with E-state index in [-0.39, 0.29) is 30.9 Å². The minimum Gasteiger partial charge on any atom is -0.428 e. The zero-order valence-corrected chi connectivity index (χ0v) is 17.6. The number of nitrogens with zero attached hydrogens (tertiary/aromatic N) is 2. The van der Waals surface area contributed by atoms with Crippen LogP contribution in [-0.4, -0.2) is 55.0 Å². The maximum absolute atomic E-state index is 14.4. The van der Waals surface area contributed by atoms with Gasteiger partial charge < -0.3 is 19.3 Å². The average Bonchev–Trinajstić information content (AvgIpc) is 3.57. The molecule has 6 nitrogen and oxygen atoms in total. The molecule has 2 saturated heterocycles. The third kappa shape index (κ3) is 4.17. The Bertz CT molecular complexity index is 1110. The van der Waals surface area contributed by atoms with Crippen molar-refractivity contribution < 1.29 is 45.4 Å². The Labute approximate surface area is 189 Å². The van der Waals surface area contributed by atoms with E-state index in [4.69, 9.17) is 4.74 Å². The van der Waals surface area contributed by atoms with Gasteiger partial charge in [-0.1, -0.05) is 6.07 Å². The van der Waals surface area contributed by atoms with E-state index in [1.807, 2.05) is 0 Å². The average molecular weight is 488 g/mol. The van der Waals surface area contributed by atoms with Crippen LogP contribution in [0.4, 0.5) is 32.0 Å². The molecule has 0 saturated carbocycles. The van der Waals surface area contributed by atoms with Crippen molar-refractivity contribution in [3.05, 3.63) is 59.7 Å². The fourth-order valence-corrected chi connectivity index (χ4v) is 3.94. The molecule has 34 heavy (non-hydrogen) atoms. The fourth-order valence-electron chi connectivity index (χ4n) is 3.94. The Balaban J connectivity index is 1.48. The zero-order chi connectivity index (χ0) is 24.8. The van der Waals surface area contributed by atoms with Crippen LogP contribution in [0.25, 0.3) is 0 Å². The van der Waals surface area contributed by atoms with Gasteiger partial charge >= 0.3 is 24.3 Å². The van der Waals surface area contributed by atoms with Gasteiger partial charge in [-0.25, -0.2) is 8.78 Å². The van der Waals surface area contributed by atoms with Gasteiger partial charge in [0.15, 0.2) is 0 Å². The number of epoxide rings is 1. The molecule has 0 aliphatic carbocycles. The van der Waals surface area contributed by atoms with Gasteiger partial charge in [-0.05, 0) is 37.3 Å². The summed E-state index contributed by atoms with van der Waals surface area (Å²) in [6.07, 6.45) is -8.71. The summed E-state index contributed by atoms with van der Waals surface area (Å²) in [4.78, 5) is 27.9. The van der Waals surface area contributed by atoms with E-state index < -0.39 is 53.4 Å². The van der Waals surface area contributed by atoms with E-state index in [0.29, 0.717) is 6.07 Å². The minimum atomic E-state index is -4.68. The predicted octanol–water partition coefficient (Wildman–Crippen LogP) is 3.69. The Morgan fingerprint density at radius 3 is 2.24 bits per heavy atom. The van der Waals surface area contributed by atoms with Crippen LogP contribution >= 0.6 is 0 Å². The summed E-state index contributed by atoms with van der Waals surface area (Å²) in [5.74, 6) is -3.98. The Hall–Kier alpha value is -3.28. The second kappa shape index (κ2) is 8.49. The molecule has 2 aliphatic heterocycles. The number of piperazine rings is 1. The Morgan fingerprint density at radius 2 is 1.68 bits per heavy atom. The van der Waals surface area contributed by atoms with E-state index in [1.54, 1.807) is 6.92 Å². The lowest BCUT2D eigenvalue weighted by atomic mass is 9.90. The van der Waals surface area contributed by atoms with Crippen LogP contribution in [0, 0.1) is 11.6 Å². The molecule has 0 bridgehead atoms. The lowest BCUT2D eigenvalue weighted by Gasteiger charge is -2.39. The second-order valence-corrected chi connectivity index (χ2v) is 7.89. The molecule has 4 rings (SSSR count). The quantitative estimate of drug-likeness (QED) is 0.339. The van der Waals surface area contributed by atoms with E-state index in [9.17, 15) is 35.9 Å². The monoisotopic (exact) mass is 488 g/mol. The van der Waals surface area contributed by atoms with Crippen LogP contribution in [-0.2, 0) is 19.9 Å². The maximum Gasteiger partial charge on any atom is 0.461 e. The molecule has 2 aliphatic rings. The van der Waals surface area contributed by atoms with Crippen LogP contribution in [0.2, 0.25) is 0 Å². The molecule has 182 valence electrons. The number of carbonyl (C=O) groups excluding carboxylic acids is 2. The first-order valence-corrected chi connectivity index (χ1v) is 10.1. The van der Waals surface area contributed by atoms with Crippen LogP contribution in [0.15, 0.2) is 42.5 Å². The Kier molecular flexibility index (Phi) is 5.96. The highest BCUT2D eigenvalue weighted by Crippen LogP contribution is 2.45. The van der Waals surface area contributed by atoms with Crippen LogP contribution < -0.4 is 9.64 Å². The topological polar surface area (TPSA) is 62.4 Å². The van der Waals surface area contributed by atoms with E-state index in [0.717, 1.165) is 23.1 Å². The number of carbonyl (C=O) groups is 2. The van der Waals surface area contributed by atoms with Gasteiger partial charge in [0.05, 0.1) is 12.6 Å². The number of hydrogen-bond donors (Lipinski definition) is 0. The molecular weight excluding hydrogens is 470 g/mol. The molecule has 2 unspecified atom stereocenters. The third-order valence-electron chi connectivity index (χ3n) is 5.89. The normalized spacial score (nSPS) is 21.8. The standard InChI is InChI=1S/C22H18F6N2O4/c1-12(21(11-33-21)16-7-2-13(23)10-17(16)24)29-8-9-30(19(32)18(29)31)14-3-5-15(6-4-14)34-22(27,28)20(25)26/h2-7,10,12,20H,8-9,11H2,1H3. The van der Waals surface area contributed by atoms with Crippen molar-refractivity contribution in [2.75, 3.05) is 24.6 Å². The van der Waals surface area contributed by atoms with Crippen LogP contribution in [0.1, 0.15) is 12.5 Å². The predicted molar refractivity (Wildman–Crippen MR) is 106 cm³/mol. The number of hydrogen-bond acceptors (Lipinski definition) is 4. The number of alkyl halides is 4. The van der Waals surface area contributed by atoms with Gasteiger partial charge in [-0.2, -0.15) is 17.6 Å². The van der Waals surface area contributed by atoms with Crippen molar-refractivity contribution in [1.82, 2.24) is 4.90 Å². The largest absolute Gasteiger partial charge is 0.461 e. The summed E-state index contributed by atoms with van der Waals surface area (Å²) in [5.41, 5.74) is -0.981. The fraction of sp³-hybridized carbons (Fsp3) is 0.364. The smallest absolute Gasteiger partial charge is 0.428 e. The molecule has 2 fully saturated rings. The van der Waals surface area contributed by atoms with Crippen LogP contribution in [0.5, 0.6) is 5.75 Å².